The summed E-state index contributed by atoms with van der Waals surface area (Å²) in [6, 6.07) is 24.8. The van der Waals surface area contributed by atoms with Gasteiger partial charge in [0.25, 0.3) is 5.91 Å². The average Bonchev–Trinajstić information content (AvgIpc) is 3.30. The largest absolute Gasteiger partial charge is 0.488 e. The first kappa shape index (κ1) is 23.5. The van der Waals surface area contributed by atoms with E-state index in [0.29, 0.717) is 16.5 Å². The summed E-state index contributed by atoms with van der Waals surface area (Å²) in [5.74, 6) is -0.871. The Balaban J connectivity index is 1.41. The Morgan fingerprint density at radius 3 is 2.49 bits per heavy atom. The number of aromatic nitrogens is 2. The van der Waals surface area contributed by atoms with E-state index in [-0.39, 0.29) is 23.6 Å². The van der Waals surface area contributed by atoms with Crippen LogP contribution in [-0.4, -0.2) is 28.3 Å². The first-order valence-corrected chi connectivity index (χ1v) is 10.9. The van der Waals surface area contributed by atoms with E-state index < -0.39 is 18.5 Å². The number of para-hydroxylation sites is 2. The third kappa shape index (κ3) is 5.66. The lowest BCUT2D eigenvalue weighted by Crippen LogP contribution is -2.23. The molecule has 0 radical (unpaired) electrons. The van der Waals surface area contributed by atoms with Crippen molar-refractivity contribution in [2.45, 2.75) is 6.61 Å². The molecule has 1 aromatic heterocycles. The molecule has 3 aromatic carbocycles. The van der Waals surface area contributed by atoms with Gasteiger partial charge in [-0.05, 0) is 30.3 Å². The van der Waals surface area contributed by atoms with E-state index in [1.165, 1.54) is 10.9 Å². The zero-order valence-electron chi connectivity index (χ0n) is 18.3. The maximum Gasteiger partial charge on any atom is 0.342 e. The van der Waals surface area contributed by atoms with Gasteiger partial charge in [-0.1, -0.05) is 60.1 Å². The molecule has 0 bridgehead atoms. The molecule has 0 spiro atoms. The summed E-state index contributed by atoms with van der Waals surface area (Å²) in [7, 11) is 0. The fourth-order valence-corrected chi connectivity index (χ4v) is 3.41. The van der Waals surface area contributed by atoms with Crippen LogP contribution < -0.4 is 10.1 Å². The summed E-state index contributed by atoms with van der Waals surface area (Å²) in [6.45, 7) is -0.409. The van der Waals surface area contributed by atoms with Crippen molar-refractivity contribution in [3.63, 3.8) is 0 Å². The quantitative estimate of drug-likeness (QED) is 0.359. The molecule has 1 N–H and O–H groups in total. The molecule has 0 fully saturated rings. The number of amides is 1. The Morgan fingerprint density at radius 1 is 1.00 bits per heavy atom. The number of carbonyl (C=O) groups is 2. The molecule has 1 heterocycles. The maximum absolute atomic E-state index is 12.7. The van der Waals surface area contributed by atoms with Crippen LogP contribution in [0.5, 0.6) is 5.75 Å². The molecule has 9 heteroatoms. The number of nitrogens with zero attached hydrogens (tertiary/aromatic N) is 3. The van der Waals surface area contributed by atoms with Gasteiger partial charge >= 0.3 is 5.97 Å². The molecule has 8 nitrogen and oxygen atoms in total. The summed E-state index contributed by atoms with van der Waals surface area (Å²) >= 11 is 6.17. The Morgan fingerprint density at radius 2 is 1.71 bits per heavy atom. The number of nitriles is 1. The highest BCUT2D eigenvalue weighted by Crippen LogP contribution is 2.23. The van der Waals surface area contributed by atoms with E-state index in [1.54, 1.807) is 42.5 Å². The normalized spacial score (nSPS) is 10.3. The van der Waals surface area contributed by atoms with E-state index in [4.69, 9.17) is 21.1 Å². The van der Waals surface area contributed by atoms with E-state index in [9.17, 15) is 14.9 Å². The van der Waals surface area contributed by atoms with Gasteiger partial charge in [-0.3, -0.25) is 4.79 Å². The molecule has 4 rings (SSSR count). The van der Waals surface area contributed by atoms with Crippen LogP contribution in [0.25, 0.3) is 5.69 Å². The molecular formula is C26H19ClN4O4. The fraction of sp³-hybridized carbons (Fsp3) is 0.0769. The number of ether oxygens (including phenoxy) is 2. The molecule has 0 aliphatic heterocycles. The summed E-state index contributed by atoms with van der Waals surface area (Å²) < 4.78 is 12.4. The molecule has 4 aromatic rings. The molecule has 174 valence electrons. The standard InChI is InChI=1S/C26H19ClN4O4/c27-22-12-6-4-8-18(22)16-34-23-13-7-5-11-21(23)26(33)35-17-24(32)30-25-19(14-28)15-29-31(25)20-9-2-1-3-10-20/h1-13,15H,16-17H2,(H,30,32). The molecule has 0 unspecified atom stereocenters. The summed E-state index contributed by atoms with van der Waals surface area (Å²) in [5, 5.41) is 16.7. The minimum atomic E-state index is -0.730. The van der Waals surface area contributed by atoms with E-state index in [1.807, 2.05) is 42.5 Å². The van der Waals surface area contributed by atoms with Crippen LogP contribution in [0, 0.1) is 11.3 Å². The SMILES string of the molecule is N#Cc1cnn(-c2ccccc2)c1NC(=O)COC(=O)c1ccccc1OCc1ccccc1Cl. The summed E-state index contributed by atoms with van der Waals surface area (Å²) in [6.07, 6.45) is 1.35. The highest BCUT2D eigenvalue weighted by atomic mass is 35.5. The predicted molar refractivity (Wildman–Crippen MR) is 129 cm³/mol. The number of hydrogen-bond donors (Lipinski definition) is 1. The third-order valence-corrected chi connectivity index (χ3v) is 5.30. The molecule has 0 atom stereocenters. The van der Waals surface area contributed by atoms with Crippen LogP contribution in [0.2, 0.25) is 5.02 Å². The molecule has 35 heavy (non-hydrogen) atoms. The number of hydrogen-bond acceptors (Lipinski definition) is 6. The van der Waals surface area contributed by atoms with Crippen LogP contribution in [0.3, 0.4) is 0 Å². The topological polar surface area (TPSA) is 106 Å². The highest BCUT2D eigenvalue weighted by Gasteiger charge is 2.19. The average molecular weight is 487 g/mol. The van der Waals surface area contributed by atoms with Crippen LogP contribution in [0.4, 0.5) is 5.82 Å². The van der Waals surface area contributed by atoms with Crippen molar-refractivity contribution < 1.29 is 19.1 Å². The van der Waals surface area contributed by atoms with Gasteiger partial charge in [0, 0.05) is 10.6 Å². The zero-order valence-corrected chi connectivity index (χ0v) is 19.1. The highest BCUT2D eigenvalue weighted by molar-refractivity contribution is 6.31. The third-order valence-electron chi connectivity index (χ3n) is 4.93. The summed E-state index contributed by atoms with van der Waals surface area (Å²) in [4.78, 5) is 25.2. The number of carbonyl (C=O) groups excluding carboxylic acids is 2. The van der Waals surface area contributed by atoms with Crippen molar-refractivity contribution in [2.24, 2.45) is 0 Å². The van der Waals surface area contributed by atoms with Crippen LogP contribution in [-0.2, 0) is 16.1 Å². The van der Waals surface area contributed by atoms with Gasteiger partial charge in [-0.2, -0.15) is 10.4 Å². The van der Waals surface area contributed by atoms with Gasteiger partial charge in [-0.15, -0.1) is 0 Å². The van der Waals surface area contributed by atoms with Gasteiger partial charge in [0.1, 0.15) is 29.6 Å². The lowest BCUT2D eigenvalue weighted by molar-refractivity contribution is -0.119. The Labute approximate surface area is 206 Å². The fourth-order valence-electron chi connectivity index (χ4n) is 3.22. The van der Waals surface area contributed by atoms with Gasteiger partial charge in [0.2, 0.25) is 0 Å². The summed E-state index contributed by atoms with van der Waals surface area (Å²) in [5.41, 5.74) is 1.76. The van der Waals surface area contributed by atoms with Gasteiger partial charge < -0.3 is 14.8 Å². The van der Waals surface area contributed by atoms with Crippen molar-refractivity contribution in [1.82, 2.24) is 9.78 Å². The van der Waals surface area contributed by atoms with Crippen LogP contribution >= 0.6 is 11.6 Å². The molecule has 0 saturated heterocycles. The van der Waals surface area contributed by atoms with Crippen LogP contribution in [0.15, 0.2) is 85.1 Å². The number of anilines is 1. The molecular weight excluding hydrogens is 468 g/mol. The molecule has 0 saturated carbocycles. The number of nitrogens with one attached hydrogen (secondary N) is 1. The van der Waals surface area contributed by atoms with Gasteiger partial charge in [-0.25, -0.2) is 9.48 Å². The lowest BCUT2D eigenvalue weighted by atomic mass is 10.2. The minimum absolute atomic E-state index is 0.158. The Kier molecular flexibility index (Phi) is 7.40. The number of benzene rings is 3. The van der Waals surface area contributed by atoms with Crippen molar-refractivity contribution in [1.29, 1.82) is 5.26 Å². The second-order valence-corrected chi connectivity index (χ2v) is 7.67. The Bertz CT molecular complexity index is 1400. The van der Waals surface area contributed by atoms with Crippen molar-refractivity contribution in [3.8, 4) is 17.5 Å². The maximum atomic E-state index is 12.7. The lowest BCUT2D eigenvalue weighted by Gasteiger charge is -2.12. The van der Waals surface area contributed by atoms with Crippen molar-refractivity contribution in [3.05, 3.63) is 107 Å². The second kappa shape index (κ2) is 11.0. The van der Waals surface area contributed by atoms with Crippen LogP contribution in [0.1, 0.15) is 21.5 Å². The molecule has 0 aliphatic carbocycles. The molecule has 1 amide bonds. The number of halogens is 1. The van der Waals surface area contributed by atoms with Gasteiger partial charge in [0.05, 0.1) is 11.9 Å². The molecule has 0 aliphatic rings. The van der Waals surface area contributed by atoms with E-state index in [0.717, 1.165) is 5.56 Å². The predicted octanol–water partition coefficient (Wildman–Crippen LogP) is 4.77. The van der Waals surface area contributed by atoms with E-state index in [2.05, 4.69) is 10.4 Å². The van der Waals surface area contributed by atoms with Crippen molar-refractivity contribution >= 4 is 29.3 Å². The first-order chi connectivity index (χ1) is 17.1. The van der Waals surface area contributed by atoms with Crippen molar-refractivity contribution in [2.75, 3.05) is 11.9 Å². The smallest absolute Gasteiger partial charge is 0.342 e. The number of rotatable bonds is 8. The van der Waals surface area contributed by atoms with E-state index >= 15 is 0 Å². The Hall–Kier alpha value is -4.61. The second-order valence-electron chi connectivity index (χ2n) is 7.27. The number of esters is 1. The first-order valence-electron chi connectivity index (χ1n) is 10.5. The minimum Gasteiger partial charge on any atom is -0.488 e. The zero-order chi connectivity index (χ0) is 24.6. The monoisotopic (exact) mass is 486 g/mol. The van der Waals surface area contributed by atoms with Gasteiger partial charge in [0.15, 0.2) is 12.4 Å².